The fourth-order valence-electron chi connectivity index (χ4n) is 3.02. The number of Topliss-reactive ketones (excluding diaryl/α,β-unsaturated/α-hetero) is 1. The van der Waals surface area contributed by atoms with Crippen molar-refractivity contribution < 1.29 is 9.59 Å². The maximum Gasteiger partial charge on any atom is 0.252 e. The van der Waals surface area contributed by atoms with Crippen molar-refractivity contribution in [3.63, 3.8) is 0 Å². The molecule has 1 saturated heterocycles. The highest BCUT2D eigenvalue weighted by Gasteiger charge is 2.29. The van der Waals surface area contributed by atoms with Gasteiger partial charge in [0.05, 0.1) is 5.56 Å². The smallest absolute Gasteiger partial charge is 0.252 e. The highest BCUT2D eigenvalue weighted by molar-refractivity contribution is 6.04. The largest absolute Gasteiger partial charge is 0.354 e. The molecular weight excluding hydrogens is 254 g/mol. The molecule has 1 atom stereocenters. The van der Waals surface area contributed by atoms with E-state index < -0.39 is 0 Å². The molecule has 1 amide bonds. The highest BCUT2D eigenvalue weighted by Crippen LogP contribution is 2.29. The number of hydrogen-bond acceptors (Lipinski definition) is 4. The molecule has 2 aliphatic rings. The van der Waals surface area contributed by atoms with Crippen LogP contribution in [0.4, 0.5) is 5.82 Å². The van der Waals surface area contributed by atoms with E-state index in [1.165, 1.54) is 0 Å². The zero-order valence-electron chi connectivity index (χ0n) is 11.9. The molecule has 1 aromatic heterocycles. The van der Waals surface area contributed by atoms with E-state index in [0.717, 1.165) is 30.8 Å². The fraction of sp³-hybridized carbons (Fsp3) is 0.533. The lowest BCUT2D eigenvalue weighted by atomic mass is 10.0. The molecule has 1 aromatic rings. The van der Waals surface area contributed by atoms with Crippen LogP contribution in [0.5, 0.6) is 0 Å². The lowest BCUT2D eigenvalue weighted by molar-refractivity contribution is 0.0963. The summed E-state index contributed by atoms with van der Waals surface area (Å²) in [6.45, 7) is 5.33. The summed E-state index contributed by atoms with van der Waals surface area (Å²) in [6, 6.07) is 2.25. The predicted molar refractivity (Wildman–Crippen MR) is 76.1 cm³/mol. The summed E-state index contributed by atoms with van der Waals surface area (Å²) >= 11 is 0. The van der Waals surface area contributed by atoms with Crippen LogP contribution in [0.15, 0.2) is 6.07 Å². The summed E-state index contributed by atoms with van der Waals surface area (Å²) in [5, 5.41) is 2.78. The molecule has 5 heteroatoms. The topological polar surface area (TPSA) is 62.3 Å². The highest BCUT2D eigenvalue weighted by atomic mass is 16.2. The van der Waals surface area contributed by atoms with Gasteiger partial charge in [0.25, 0.3) is 5.91 Å². The Morgan fingerprint density at radius 1 is 1.55 bits per heavy atom. The number of fused-ring (bicyclic) bond motifs is 1. The molecule has 1 N–H and O–H groups in total. The number of ketones is 1. The van der Waals surface area contributed by atoms with Gasteiger partial charge in [-0.2, -0.15) is 0 Å². The summed E-state index contributed by atoms with van der Waals surface area (Å²) in [4.78, 5) is 30.8. The summed E-state index contributed by atoms with van der Waals surface area (Å²) in [7, 11) is 0. The molecule has 0 spiro atoms. The van der Waals surface area contributed by atoms with Crippen LogP contribution in [-0.2, 0) is 6.54 Å². The normalized spacial score (nSPS) is 21.0. The quantitative estimate of drug-likeness (QED) is 0.854. The summed E-state index contributed by atoms with van der Waals surface area (Å²) < 4.78 is 0. The van der Waals surface area contributed by atoms with Crippen molar-refractivity contribution in [2.75, 3.05) is 11.4 Å². The lowest BCUT2D eigenvalue weighted by Crippen LogP contribution is -2.28. The first-order valence-electron chi connectivity index (χ1n) is 7.23. The lowest BCUT2D eigenvalue weighted by Gasteiger charge is -2.23. The van der Waals surface area contributed by atoms with Gasteiger partial charge in [0.2, 0.25) is 0 Å². The van der Waals surface area contributed by atoms with Crippen LogP contribution >= 0.6 is 0 Å². The van der Waals surface area contributed by atoms with Crippen molar-refractivity contribution in [3.8, 4) is 0 Å². The van der Waals surface area contributed by atoms with E-state index in [0.29, 0.717) is 30.3 Å². The van der Waals surface area contributed by atoms with Crippen LogP contribution in [0, 0.1) is 0 Å². The van der Waals surface area contributed by atoms with E-state index in [9.17, 15) is 9.59 Å². The number of carbonyl (C=O) groups is 2. The van der Waals surface area contributed by atoms with Gasteiger partial charge in [-0.3, -0.25) is 9.59 Å². The Morgan fingerprint density at radius 2 is 2.35 bits per heavy atom. The number of nitrogens with one attached hydrogen (secondary N) is 1. The third kappa shape index (κ3) is 1.97. The molecule has 3 heterocycles. The Hall–Kier alpha value is -1.91. The number of anilines is 1. The molecule has 0 saturated carbocycles. The molecule has 2 aliphatic heterocycles. The summed E-state index contributed by atoms with van der Waals surface area (Å²) in [5.74, 6) is 0.676. The number of hydrogen-bond donors (Lipinski definition) is 1. The van der Waals surface area contributed by atoms with Gasteiger partial charge in [-0.05, 0) is 25.8 Å². The van der Waals surface area contributed by atoms with E-state index in [1.807, 2.05) is 13.0 Å². The Morgan fingerprint density at radius 3 is 3.00 bits per heavy atom. The van der Waals surface area contributed by atoms with Crippen LogP contribution < -0.4 is 10.2 Å². The minimum Gasteiger partial charge on any atom is -0.354 e. The first kappa shape index (κ1) is 13.1. The molecule has 3 rings (SSSR count). The van der Waals surface area contributed by atoms with E-state index in [2.05, 4.69) is 22.1 Å². The second kappa shape index (κ2) is 4.89. The SMILES string of the molecule is CCC(=O)c1nc(N2CCC[C@H]2C)cc2c1CNC2=O. The third-order valence-corrected chi connectivity index (χ3v) is 4.21. The van der Waals surface area contributed by atoms with Crippen molar-refractivity contribution in [1.82, 2.24) is 10.3 Å². The third-order valence-electron chi connectivity index (χ3n) is 4.21. The minimum absolute atomic E-state index is 0.00597. The molecule has 0 unspecified atom stereocenters. The fourth-order valence-corrected chi connectivity index (χ4v) is 3.02. The summed E-state index contributed by atoms with van der Waals surface area (Å²) in [5.41, 5.74) is 1.85. The molecule has 20 heavy (non-hydrogen) atoms. The van der Waals surface area contributed by atoms with Gasteiger partial charge in [0.1, 0.15) is 11.5 Å². The Labute approximate surface area is 118 Å². The average Bonchev–Trinajstić information content (AvgIpc) is 3.04. The second-order valence-electron chi connectivity index (χ2n) is 5.50. The molecule has 0 bridgehead atoms. The second-order valence-corrected chi connectivity index (χ2v) is 5.50. The van der Waals surface area contributed by atoms with E-state index in [1.54, 1.807) is 0 Å². The first-order valence-corrected chi connectivity index (χ1v) is 7.23. The van der Waals surface area contributed by atoms with Crippen LogP contribution in [0.1, 0.15) is 59.5 Å². The Bertz CT molecular complexity index is 583. The molecule has 1 fully saturated rings. The Kier molecular flexibility index (Phi) is 3.20. The van der Waals surface area contributed by atoms with Crippen molar-refractivity contribution >= 4 is 17.5 Å². The van der Waals surface area contributed by atoms with Gasteiger partial charge in [0, 0.05) is 31.1 Å². The standard InChI is InChI=1S/C15H19N3O2/c1-3-12(19)14-11-8-16-15(20)10(11)7-13(17-14)18-6-4-5-9(18)2/h7,9H,3-6,8H2,1-2H3,(H,16,20)/t9-/m1/s1. The number of nitrogens with zero attached hydrogens (tertiary/aromatic N) is 2. The number of aromatic nitrogens is 1. The molecule has 0 aliphatic carbocycles. The maximum absolute atomic E-state index is 12.1. The van der Waals surface area contributed by atoms with Gasteiger partial charge in [-0.25, -0.2) is 4.98 Å². The van der Waals surface area contributed by atoms with Crippen LogP contribution in [0.2, 0.25) is 0 Å². The number of carbonyl (C=O) groups excluding carboxylic acids is 2. The molecule has 0 radical (unpaired) electrons. The number of amides is 1. The summed E-state index contributed by atoms with van der Waals surface area (Å²) in [6.07, 6.45) is 2.66. The van der Waals surface area contributed by atoms with Gasteiger partial charge in [-0.1, -0.05) is 6.92 Å². The molecule has 106 valence electrons. The predicted octanol–water partition coefficient (Wildman–Crippen LogP) is 1.91. The molecular formula is C15H19N3O2. The number of pyridine rings is 1. The first-order chi connectivity index (χ1) is 9.61. The zero-order valence-corrected chi connectivity index (χ0v) is 11.9. The average molecular weight is 273 g/mol. The van der Waals surface area contributed by atoms with E-state index in [-0.39, 0.29) is 11.7 Å². The molecule has 0 aromatic carbocycles. The van der Waals surface area contributed by atoms with Crippen molar-refractivity contribution in [1.29, 1.82) is 0 Å². The van der Waals surface area contributed by atoms with Gasteiger partial charge in [0.15, 0.2) is 5.78 Å². The van der Waals surface area contributed by atoms with Crippen molar-refractivity contribution in [2.45, 2.75) is 45.7 Å². The number of rotatable bonds is 3. The van der Waals surface area contributed by atoms with E-state index >= 15 is 0 Å². The van der Waals surface area contributed by atoms with Crippen LogP contribution in [0.25, 0.3) is 0 Å². The van der Waals surface area contributed by atoms with Gasteiger partial charge < -0.3 is 10.2 Å². The monoisotopic (exact) mass is 273 g/mol. The van der Waals surface area contributed by atoms with Crippen LogP contribution in [0.3, 0.4) is 0 Å². The van der Waals surface area contributed by atoms with Gasteiger partial charge >= 0.3 is 0 Å². The van der Waals surface area contributed by atoms with Crippen molar-refractivity contribution in [2.24, 2.45) is 0 Å². The van der Waals surface area contributed by atoms with Crippen LogP contribution in [-0.4, -0.2) is 29.3 Å². The Balaban J connectivity index is 2.10. The van der Waals surface area contributed by atoms with Crippen molar-refractivity contribution in [3.05, 3.63) is 22.9 Å². The minimum atomic E-state index is -0.0966. The van der Waals surface area contributed by atoms with Gasteiger partial charge in [-0.15, -0.1) is 0 Å². The molecule has 5 nitrogen and oxygen atoms in total. The maximum atomic E-state index is 12.1. The zero-order chi connectivity index (χ0) is 14.3. The van der Waals surface area contributed by atoms with E-state index in [4.69, 9.17) is 0 Å².